The Bertz CT molecular complexity index is 1250. The summed E-state index contributed by atoms with van der Waals surface area (Å²) in [5, 5.41) is 11.3. The number of benzene rings is 2. The minimum Gasteiger partial charge on any atom is -0.507 e. The summed E-state index contributed by atoms with van der Waals surface area (Å²) in [5.74, 6) is -0.0240. The van der Waals surface area contributed by atoms with E-state index in [9.17, 15) is 14.7 Å². The van der Waals surface area contributed by atoms with Gasteiger partial charge in [-0.1, -0.05) is 19.1 Å². The Labute approximate surface area is 203 Å². The number of Topliss-reactive ketones (excluding diaryl/α,β-unsaturated/α-hetero) is 1. The number of hydrogen-bond donors (Lipinski definition) is 1. The van der Waals surface area contributed by atoms with Gasteiger partial charge in [0.2, 0.25) is 0 Å². The number of methoxy groups -OCH3 is 2. The molecular weight excluding hydrogens is 448 g/mol. The Kier molecular flexibility index (Phi) is 7.01. The Morgan fingerprint density at radius 3 is 2.37 bits per heavy atom. The maximum atomic E-state index is 13.3. The largest absolute Gasteiger partial charge is 0.507 e. The van der Waals surface area contributed by atoms with Gasteiger partial charge in [-0.15, -0.1) is 0 Å². The van der Waals surface area contributed by atoms with E-state index in [0.717, 1.165) is 6.42 Å². The highest BCUT2D eigenvalue weighted by Crippen LogP contribution is 2.43. The van der Waals surface area contributed by atoms with E-state index in [0.29, 0.717) is 35.0 Å². The van der Waals surface area contributed by atoms with E-state index in [-0.39, 0.29) is 17.2 Å². The maximum absolute atomic E-state index is 13.3. The van der Waals surface area contributed by atoms with Crippen LogP contribution in [0.3, 0.4) is 0 Å². The molecule has 1 atom stereocenters. The summed E-state index contributed by atoms with van der Waals surface area (Å²) in [6.07, 6.45) is 2.40. The molecule has 1 N–H and O–H groups in total. The molecule has 2 aromatic carbocycles. The number of hydrogen-bond acceptors (Lipinski definition) is 7. The van der Waals surface area contributed by atoms with Gasteiger partial charge in [0.25, 0.3) is 5.78 Å². The smallest absolute Gasteiger partial charge is 0.301 e. The third kappa shape index (κ3) is 4.55. The highest BCUT2D eigenvalue weighted by Gasteiger charge is 2.47. The van der Waals surface area contributed by atoms with Crippen molar-refractivity contribution in [2.45, 2.75) is 19.4 Å². The number of aromatic nitrogens is 1. The molecule has 0 aliphatic carbocycles. The predicted octanol–water partition coefficient (Wildman–Crippen LogP) is 4.51. The van der Waals surface area contributed by atoms with E-state index in [1.54, 1.807) is 60.7 Å². The van der Waals surface area contributed by atoms with Crippen LogP contribution in [0.1, 0.15) is 30.5 Å². The highest BCUT2D eigenvalue weighted by atomic mass is 16.5. The summed E-state index contributed by atoms with van der Waals surface area (Å²) in [6, 6.07) is 16.0. The molecule has 0 saturated carbocycles. The number of aliphatic hydroxyl groups excluding tert-OH is 1. The van der Waals surface area contributed by atoms with Crippen LogP contribution >= 0.6 is 0 Å². The number of carbonyl (C=O) groups excluding carboxylic acids is 2. The Balaban J connectivity index is 1.87. The molecule has 35 heavy (non-hydrogen) atoms. The van der Waals surface area contributed by atoms with Crippen molar-refractivity contribution in [3.8, 4) is 17.2 Å². The number of aliphatic hydroxyl groups is 1. The van der Waals surface area contributed by atoms with Gasteiger partial charge in [0.05, 0.1) is 32.4 Å². The number of ether oxygens (including phenoxy) is 3. The lowest BCUT2D eigenvalue weighted by atomic mass is 9.95. The molecule has 2 heterocycles. The van der Waals surface area contributed by atoms with Crippen molar-refractivity contribution in [1.82, 2.24) is 4.98 Å². The second kappa shape index (κ2) is 10.3. The summed E-state index contributed by atoms with van der Waals surface area (Å²) < 4.78 is 16.4. The van der Waals surface area contributed by atoms with Crippen LogP contribution in [0.15, 0.2) is 72.4 Å². The molecule has 8 nitrogen and oxygen atoms in total. The molecule has 0 bridgehead atoms. The number of nitrogens with zero attached hydrogens (tertiary/aromatic N) is 2. The number of carbonyl (C=O) groups is 2. The van der Waals surface area contributed by atoms with Crippen LogP contribution in [0.4, 0.5) is 5.82 Å². The van der Waals surface area contributed by atoms with Crippen LogP contribution in [0, 0.1) is 0 Å². The van der Waals surface area contributed by atoms with Crippen LogP contribution in [0.5, 0.6) is 17.2 Å². The fourth-order valence-corrected chi connectivity index (χ4v) is 3.99. The molecule has 1 amide bonds. The zero-order valence-electron chi connectivity index (χ0n) is 19.7. The topological polar surface area (TPSA) is 98.2 Å². The molecule has 1 aliphatic rings. The van der Waals surface area contributed by atoms with E-state index in [2.05, 4.69) is 4.98 Å². The third-order valence-electron chi connectivity index (χ3n) is 5.66. The van der Waals surface area contributed by atoms with Crippen LogP contribution in [-0.4, -0.2) is 42.6 Å². The average Bonchev–Trinajstić information content (AvgIpc) is 3.17. The number of ketones is 1. The first-order valence-corrected chi connectivity index (χ1v) is 11.2. The molecule has 1 saturated heterocycles. The van der Waals surface area contributed by atoms with E-state index < -0.39 is 17.7 Å². The lowest BCUT2D eigenvalue weighted by Crippen LogP contribution is -2.30. The molecule has 8 heteroatoms. The monoisotopic (exact) mass is 474 g/mol. The molecule has 0 unspecified atom stereocenters. The Morgan fingerprint density at radius 2 is 1.74 bits per heavy atom. The van der Waals surface area contributed by atoms with Crippen LogP contribution in [0.2, 0.25) is 0 Å². The number of rotatable bonds is 8. The summed E-state index contributed by atoms with van der Waals surface area (Å²) in [4.78, 5) is 32.0. The van der Waals surface area contributed by atoms with Gasteiger partial charge in [0.1, 0.15) is 17.3 Å². The first-order valence-electron chi connectivity index (χ1n) is 11.2. The third-order valence-corrected chi connectivity index (χ3v) is 5.66. The average molecular weight is 475 g/mol. The quantitative estimate of drug-likeness (QED) is 0.291. The van der Waals surface area contributed by atoms with Crippen molar-refractivity contribution < 1.29 is 28.9 Å². The van der Waals surface area contributed by atoms with Crippen molar-refractivity contribution in [3.05, 3.63) is 83.6 Å². The summed E-state index contributed by atoms with van der Waals surface area (Å²) in [5.41, 5.74) is 0.894. The zero-order valence-corrected chi connectivity index (χ0v) is 19.7. The second-order valence-electron chi connectivity index (χ2n) is 7.84. The molecule has 3 aromatic rings. The van der Waals surface area contributed by atoms with Crippen LogP contribution < -0.4 is 19.1 Å². The number of pyridine rings is 1. The fourth-order valence-electron chi connectivity index (χ4n) is 3.99. The molecule has 180 valence electrons. The SMILES string of the molecule is CCCOc1ccc(C(O)=C2C(=O)C(=O)N(c3ccccn3)[C@@H]2c2ccc(OC)c(OC)c2)cc1. The maximum Gasteiger partial charge on any atom is 0.301 e. The van der Waals surface area contributed by atoms with Crippen molar-refractivity contribution in [2.24, 2.45) is 0 Å². The predicted molar refractivity (Wildman–Crippen MR) is 131 cm³/mol. The Hall–Kier alpha value is -4.33. The van der Waals surface area contributed by atoms with Gasteiger partial charge in [-0.05, 0) is 60.5 Å². The van der Waals surface area contributed by atoms with Gasteiger partial charge in [-0.25, -0.2) is 4.98 Å². The second-order valence-corrected chi connectivity index (χ2v) is 7.84. The molecular formula is C27H26N2O6. The summed E-state index contributed by atoms with van der Waals surface area (Å²) in [7, 11) is 3.02. The molecule has 1 aliphatic heterocycles. The van der Waals surface area contributed by atoms with Crippen LogP contribution in [-0.2, 0) is 9.59 Å². The first kappa shape index (κ1) is 23.8. The molecule has 1 aromatic heterocycles. The minimum atomic E-state index is -0.930. The molecule has 4 rings (SSSR count). The fraction of sp³-hybridized carbons (Fsp3) is 0.222. The summed E-state index contributed by atoms with van der Waals surface area (Å²) >= 11 is 0. The lowest BCUT2D eigenvalue weighted by Gasteiger charge is -2.25. The number of amides is 1. The number of anilines is 1. The van der Waals surface area contributed by atoms with Gasteiger partial charge in [0.15, 0.2) is 11.5 Å². The molecule has 0 spiro atoms. The van der Waals surface area contributed by atoms with E-state index >= 15 is 0 Å². The first-order chi connectivity index (χ1) is 17.0. The van der Waals surface area contributed by atoms with E-state index in [1.165, 1.54) is 25.3 Å². The minimum absolute atomic E-state index is 0.0462. The molecule has 0 radical (unpaired) electrons. The van der Waals surface area contributed by atoms with Crippen molar-refractivity contribution >= 4 is 23.3 Å². The summed E-state index contributed by atoms with van der Waals surface area (Å²) in [6.45, 7) is 2.58. The Morgan fingerprint density at radius 1 is 1.00 bits per heavy atom. The van der Waals surface area contributed by atoms with Gasteiger partial charge in [-0.2, -0.15) is 0 Å². The van der Waals surface area contributed by atoms with Crippen molar-refractivity contribution in [1.29, 1.82) is 0 Å². The van der Waals surface area contributed by atoms with Gasteiger partial charge in [0, 0.05) is 11.8 Å². The van der Waals surface area contributed by atoms with E-state index in [4.69, 9.17) is 14.2 Å². The standard InChI is InChI=1S/C27H26N2O6/c1-4-15-35-19-11-8-17(9-12-19)25(30)23-24(18-10-13-20(33-2)21(16-18)34-3)29(27(32)26(23)31)22-7-5-6-14-28-22/h5-14,16,24,30H,4,15H2,1-3H3/t24-/m1/s1. The van der Waals surface area contributed by atoms with Crippen molar-refractivity contribution in [2.75, 3.05) is 25.7 Å². The van der Waals surface area contributed by atoms with Gasteiger partial charge >= 0.3 is 5.91 Å². The van der Waals surface area contributed by atoms with Crippen LogP contribution in [0.25, 0.3) is 5.76 Å². The molecule has 1 fully saturated rings. The van der Waals surface area contributed by atoms with E-state index in [1.807, 2.05) is 6.92 Å². The van der Waals surface area contributed by atoms with Crippen molar-refractivity contribution in [3.63, 3.8) is 0 Å². The normalized spacial score (nSPS) is 16.9. The van der Waals surface area contributed by atoms with Gasteiger partial charge in [-0.3, -0.25) is 14.5 Å². The highest BCUT2D eigenvalue weighted by molar-refractivity contribution is 6.51. The lowest BCUT2D eigenvalue weighted by molar-refractivity contribution is -0.132. The zero-order chi connectivity index (χ0) is 24.9. The van der Waals surface area contributed by atoms with Gasteiger partial charge < -0.3 is 19.3 Å².